The summed E-state index contributed by atoms with van der Waals surface area (Å²) in [6.07, 6.45) is 0. The minimum atomic E-state index is -0.724. The Morgan fingerprint density at radius 2 is 1.21 bits per heavy atom. The van der Waals surface area contributed by atoms with Gasteiger partial charge in [-0.15, -0.1) is 0 Å². The fraction of sp³-hybridized carbons (Fsp3) is 0.462. The van der Waals surface area contributed by atoms with Crippen LogP contribution >= 0.6 is 0 Å². The minimum Gasteiger partial charge on any atom is -0.464 e. The van der Waals surface area contributed by atoms with Gasteiger partial charge in [0.25, 0.3) is 0 Å². The highest BCUT2D eigenvalue weighted by Gasteiger charge is 2.12. The number of aromatic amines is 1. The van der Waals surface area contributed by atoms with E-state index in [1.807, 2.05) is 27.7 Å². The van der Waals surface area contributed by atoms with Crippen LogP contribution in [0.4, 0.5) is 0 Å². The molecule has 1 heterocycles. The summed E-state index contributed by atoms with van der Waals surface area (Å²) in [6, 6.07) is 2.08. The van der Waals surface area contributed by atoms with Gasteiger partial charge in [-0.25, -0.2) is 9.59 Å². The van der Waals surface area contributed by atoms with Crippen LogP contribution in [0.5, 0.6) is 0 Å². The summed E-state index contributed by atoms with van der Waals surface area (Å²) in [5.74, 6) is -1.45. The van der Waals surface area contributed by atoms with Gasteiger partial charge in [0.2, 0.25) is 0 Å². The molecule has 1 rings (SSSR count). The van der Waals surface area contributed by atoms with E-state index in [1.165, 1.54) is 14.2 Å². The smallest absolute Gasteiger partial charge is 0.354 e. The summed E-state index contributed by atoms with van der Waals surface area (Å²) in [4.78, 5) is 35.7. The fourth-order valence-electron chi connectivity index (χ4n) is 0.983. The molecule has 1 aromatic heterocycles. The van der Waals surface area contributed by atoms with Gasteiger partial charge in [-0.1, -0.05) is 27.7 Å². The first kappa shape index (κ1) is 19.2. The molecule has 1 aromatic rings. The highest BCUT2D eigenvalue weighted by atomic mass is 16.5. The van der Waals surface area contributed by atoms with Crippen molar-refractivity contribution < 1.29 is 19.1 Å². The number of carbonyl (C=O) groups excluding carboxylic acids is 2. The van der Waals surface area contributed by atoms with E-state index in [4.69, 9.17) is 0 Å². The molecule has 0 unspecified atom stereocenters. The lowest BCUT2D eigenvalue weighted by atomic mass is 10.3. The summed E-state index contributed by atoms with van der Waals surface area (Å²) in [5, 5.41) is 0. The number of hydrogen-bond acceptors (Lipinski definition) is 5. The molecule has 6 heteroatoms. The van der Waals surface area contributed by atoms with Crippen LogP contribution in [0.25, 0.3) is 0 Å². The molecule has 0 saturated heterocycles. The van der Waals surface area contributed by atoms with Crippen LogP contribution in [-0.4, -0.2) is 31.1 Å². The molecule has 0 aliphatic rings. The van der Waals surface area contributed by atoms with E-state index in [1.54, 1.807) is 0 Å². The van der Waals surface area contributed by atoms with Crippen molar-refractivity contribution in [1.82, 2.24) is 4.98 Å². The summed E-state index contributed by atoms with van der Waals surface area (Å²) in [7, 11) is 2.34. The zero-order chi connectivity index (χ0) is 15.4. The van der Waals surface area contributed by atoms with Crippen LogP contribution in [0.15, 0.2) is 16.9 Å². The molecule has 0 radical (unpaired) electrons. The van der Waals surface area contributed by atoms with Crippen molar-refractivity contribution in [1.29, 1.82) is 0 Å². The van der Waals surface area contributed by atoms with E-state index in [9.17, 15) is 14.4 Å². The second-order valence-corrected chi connectivity index (χ2v) is 2.63. The predicted octanol–water partition coefficient (Wildman–Crippen LogP) is 2.00. The minimum absolute atomic E-state index is 0.0922. The molecule has 0 fully saturated rings. The topological polar surface area (TPSA) is 85.5 Å². The average Bonchev–Trinajstić information content (AvgIpc) is 2.48. The van der Waals surface area contributed by atoms with Crippen molar-refractivity contribution in [2.24, 2.45) is 0 Å². The maximum Gasteiger partial charge on any atom is 0.354 e. The first-order valence-corrected chi connectivity index (χ1v) is 5.99. The second-order valence-electron chi connectivity index (χ2n) is 2.63. The third-order valence-corrected chi connectivity index (χ3v) is 1.65. The molecule has 0 amide bonds. The largest absolute Gasteiger partial charge is 0.464 e. The number of nitrogens with one attached hydrogen (secondary N) is 1. The van der Waals surface area contributed by atoms with E-state index in [0.717, 1.165) is 12.1 Å². The van der Waals surface area contributed by atoms with E-state index in [-0.39, 0.29) is 11.4 Å². The van der Waals surface area contributed by atoms with Gasteiger partial charge in [-0.3, -0.25) is 4.79 Å². The maximum atomic E-state index is 11.1. The monoisotopic (exact) mass is 271 g/mol. The Bertz CT molecular complexity index is 413. The number of methoxy groups -OCH3 is 2. The first-order chi connectivity index (χ1) is 9.08. The number of ether oxygens (including phenoxy) is 2. The third kappa shape index (κ3) is 6.40. The van der Waals surface area contributed by atoms with Crippen LogP contribution in [0.2, 0.25) is 0 Å². The molecule has 1 N–H and O–H groups in total. The number of hydrogen-bond donors (Lipinski definition) is 1. The van der Waals surface area contributed by atoms with Crippen LogP contribution in [0.3, 0.4) is 0 Å². The van der Waals surface area contributed by atoms with E-state index < -0.39 is 17.4 Å². The van der Waals surface area contributed by atoms with E-state index >= 15 is 0 Å². The van der Waals surface area contributed by atoms with Crippen LogP contribution < -0.4 is 5.43 Å². The van der Waals surface area contributed by atoms with Crippen molar-refractivity contribution in [2.75, 3.05) is 14.2 Å². The Hall–Kier alpha value is -2.11. The molecule has 0 aromatic carbocycles. The van der Waals surface area contributed by atoms with E-state index in [0.29, 0.717) is 0 Å². The number of H-pyrrole nitrogens is 1. The highest BCUT2D eigenvalue weighted by molar-refractivity contribution is 5.91. The molecule has 0 atom stereocenters. The van der Waals surface area contributed by atoms with E-state index in [2.05, 4.69) is 14.5 Å². The number of aromatic nitrogens is 1. The molecule has 0 bridgehead atoms. The molecule has 6 nitrogen and oxygen atoms in total. The summed E-state index contributed by atoms with van der Waals surface area (Å²) in [6.45, 7) is 8.00. The summed E-state index contributed by atoms with van der Waals surface area (Å²) in [5.41, 5.74) is -0.662. The van der Waals surface area contributed by atoms with Gasteiger partial charge in [0.15, 0.2) is 5.43 Å². The Morgan fingerprint density at radius 3 is 1.47 bits per heavy atom. The van der Waals surface area contributed by atoms with Crippen molar-refractivity contribution >= 4 is 11.9 Å². The van der Waals surface area contributed by atoms with Gasteiger partial charge < -0.3 is 14.5 Å². The molecular formula is C13H21NO5. The lowest BCUT2D eigenvalue weighted by Crippen LogP contribution is -2.16. The summed E-state index contributed by atoms with van der Waals surface area (Å²) < 4.78 is 8.80. The first-order valence-electron chi connectivity index (χ1n) is 5.99. The quantitative estimate of drug-likeness (QED) is 0.831. The Kier molecular flexibility index (Phi) is 11.1. The van der Waals surface area contributed by atoms with Gasteiger partial charge in [-0.2, -0.15) is 0 Å². The lowest BCUT2D eigenvalue weighted by Gasteiger charge is -2.02. The average molecular weight is 271 g/mol. The second kappa shape index (κ2) is 11.0. The molecule has 0 aliphatic heterocycles. The lowest BCUT2D eigenvalue weighted by molar-refractivity contribution is 0.0585. The normalized spacial score (nSPS) is 8.11. The number of pyridine rings is 1. The maximum absolute atomic E-state index is 11.1. The molecule has 0 aliphatic carbocycles. The molecular weight excluding hydrogens is 250 g/mol. The Balaban J connectivity index is 0. The van der Waals surface area contributed by atoms with Crippen LogP contribution in [0.1, 0.15) is 48.7 Å². The van der Waals surface area contributed by atoms with Crippen molar-refractivity contribution in [3.05, 3.63) is 33.7 Å². The number of carbonyl (C=O) groups is 2. The Morgan fingerprint density at radius 1 is 0.895 bits per heavy atom. The zero-order valence-electron chi connectivity index (χ0n) is 12.2. The zero-order valence-corrected chi connectivity index (χ0v) is 12.2. The van der Waals surface area contributed by atoms with Crippen molar-refractivity contribution in [3.8, 4) is 0 Å². The van der Waals surface area contributed by atoms with Gasteiger partial charge >= 0.3 is 11.9 Å². The molecule has 19 heavy (non-hydrogen) atoms. The third-order valence-electron chi connectivity index (χ3n) is 1.65. The van der Waals surface area contributed by atoms with Gasteiger partial charge in [0, 0.05) is 12.1 Å². The molecule has 0 spiro atoms. The van der Waals surface area contributed by atoms with Crippen LogP contribution in [-0.2, 0) is 9.47 Å². The number of esters is 2. The summed E-state index contributed by atoms with van der Waals surface area (Å²) >= 11 is 0. The Labute approximate surface area is 112 Å². The fourth-order valence-corrected chi connectivity index (χ4v) is 0.983. The van der Waals surface area contributed by atoms with Gasteiger partial charge in [-0.05, 0) is 0 Å². The highest BCUT2D eigenvalue weighted by Crippen LogP contribution is 1.98. The van der Waals surface area contributed by atoms with Crippen molar-refractivity contribution in [2.45, 2.75) is 27.7 Å². The standard InChI is InChI=1S/C9H9NO5.2C2H6/c1-14-8(12)6-3-5(11)4-7(10-6)9(13)15-2;2*1-2/h3-4H,1-2H3,(H,10,11);2*1-2H3. The van der Waals surface area contributed by atoms with Crippen molar-refractivity contribution in [3.63, 3.8) is 0 Å². The SMILES string of the molecule is CC.CC.COC(=O)c1cc(=O)cc(C(=O)OC)[nH]1. The van der Waals surface area contributed by atoms with Gasteiger partial charge in [0.05, 0.1) is 14.2 Å². The molecule has 0 saturated carbocycles. The molecule has 108 valence electrons. The van der Waals surface area contributed by atoms with Gasteiger partial charge in [0.1, 0.15) is 11.4 Å². The predicted molar refractivity (Wildman–Crippen MR) is 72.4 cm³/mol. The number of rotatable bonds is 2. The van der Waals surface area contributed by atoms with Crippen LogP contribution in [0, 0.1) is 0 Å².